The predicted molar refractivity (Wildman–Crippen MR) is 133 cm³/mol. The number of carbonyl (C=O) groups is 2. The lowest BCUT2D eigenvalue weighted by atomic mass is 10.1. The van der Waals surface area contributed by atoms with Crippen molar-refractivity contribution < 1.29 is 14.0 Å². The number of aryl methyl sites for hydroxylation is 2. The standard InChI is InChI=1S/C26H24ClN5O3/c1-18-6-2-3-7-20(18)25(33)31-22(26(34)30-12-5-14-32-15-13-28-17-32)16-19-9-10-23(35-19)21-8-4-11-29-24(21)27/h2-4,6-11,13,15-17H,5,12,14H2,1H3,(H,30,34)(H,31,33). The highest BCUT2D eigenvalue weighted by Crippen LogP contribution is 2.28. The fraction of sp³-hybridized carbons (Fsp3) is 0.154. The molecule has 9 heteroatoms. The fourth-order valence-corrected chi connectivity index (χ4v) is 3.65. The van der Waals surface area contributed by atoms with Gasteiger partial charge in [0.25, 0.3) is 11.8 Å². The number of halogens is 1. The van der Waals surface area contributed by atoms with Gasteiger partial charge in [-0.3, -0.25) is 9.59 Å². The van der Waals surface area contributed by atoms with E-state index in [1.807, 2.05) is 29.8 Å². The van der Waals surface area contributed by atoms with E-state index in [4.69, 9.17) is 16.0 Å². The van der Waals surface area contributed by atoms with Crippen molar-refractivity contribution in [1.82, 2.24) is 25.2 Å². The number of hydrogen-bond donors (Lipinski definition) is 2. The normalized spacial score (nSPS) is 11.3. The number of benzene rings is 1. The van der Waals surface area contributed by atoms with E-state index in [2.05, 4.69) is 20.6 Å². The average Bonchev–Trinajstić information content (AvgIpc) is 3.54. The van der Waals surface area contributed by atoms with Gasteiger partial charge in [0.1, 0.15) is 22.4 Å². The minimum Gasteiger partial charge on any atom is -0.457 e. The van der Waals surface area contributed by atoms with E-state index < -0.39 is 5.91 Å². The first-order chi connectivity index (χ1) is 17.0. The summed E-state index contributed by atoms with van der Waals surface area (Å²) in [5, 5.41) is 5.90. The van der Waals surface area contributed by atoms with Gasteiger partial charge in [-0.2, -0.15) is 0 Å². The molecular formula is C26H24ClN5O3. The number of furan rings is 1. The highest BCUT2D eigenvalue weighted by molar-refractivity contribution is 6.31. The first kappa shape index (κ1) is 24.0. The van der Waals surface area contributed by atoms with Crippen molar-refractivity contribution in [1.29, 1.82) is 0 Å². The van der Waals surface area contributed by atoms with Gasteiger partial charge < -0.3 is 19.6 Å². The van der Waals surface area contributed by atoms with Crippen molar-refractivity contribution in [3.63, 3.8) is 0 Å². The van der Waals surface area contributed by atoms with E-state index in [-0.39, 0.29) is 11.6 Å². The number of nitrogens with zero attached hydrogens (tertiary/aromatic N) is 3. The van der Waals surface area contributed by atoms with E-state index >= 15 is 0 Å². The lowest BCUT2D eigenvalue weighted by molar-refractivity contribution is -0.117. The molecule has 0 unspecified atom stereocenters. The van der Waals surface area contributed by atoms with Crippen molar-refractivity contribution >= 4 is 29.5 Å². The number of pyridine rings is 1. The molecule has 178 valence electrons. The minimum atomic E-state index is -0.421. The van der Waals surface area contributed by atoms with Crippen molar-refractivity contribution in [3.05, 3.63) is 101 Å². The summed E-state index contributed by atoms with van der Waals surface area (Å²) in [5.74, 6) is 0.0770. The number of carbonyl (C=O) groups excluding carboxylic acids is 2. The molecule has 4 rings (SSSR count). The summed E-state index contributed by atoms with van der Waals surface area (Å²) in [5.41, 5.74) is 1.98. The van der Waals surface area contributed by atoms with Crippen molar-refractivity contribution in [2.24, 2.45) is 0 Å². The molecular weight excluding hydrogens is 466 g/mol. The second kappa shape index (κ2) is 11.3. The van der Waals surface area contributed by atoms with Crippen LogP contribution in [-0.2, 0) is 11.3 Å². The third kappa shape index (κ3) is 6.24. The zero-order chi connectivity index (χ0) is 24.6. The molecule has 35 heavy (non-hydrogen) atoms. The topological polar surface area (TPSA) is 102 Å². The molecule has 0 aliphatic heterocycles. The highest BCUT2D eigenvalue weighted by Gasteiger charge is 2.17. The molecule has 4 aromatic rings. The first-order valence-corrected chi connectivity index (χ1v) is 11.4. The molecule has 3 aromatic heterocycles. The Morgan fingerprint density at radius 1 is 1.11 bits per heavy atom. The third-order valence-electron chi connectivity index (χ3n) is 5.26. The van der Waals surface area contributed by atoms with Crippen LogP contribution in [0.3, 0.4) is 0 Å². The lowest BCUT2D eigenvalue weighted by Crippen LogP contribution is -2.35. The van der Waals surface area contributed by atoms with Crippen molar-refractivity contribution in [2.75, 3.05) is 6.54 Å². The van der Waals surface area contributed by atoms with Gasteiger partial charge in [-0.1, -0.05) is 29.8 Å². The smallest absolute Gasteiger partial charge is 0.267 e. The predicted octanol–water partition coefficient (Wildman–Crippen LogP) is 4.48. The molecule has 0 bridgehead atoms. The summed E-state index contributed by atoms with van der Waals surface area (Å²) in [6.07, 6.45) is 9.07. The largest absolute Gasteiger partial charge is 0.457 e. The second-order valence-electron chi connectivity index (χ2n) is 7.78. The Hall–Kier alpha value is -4.17. The third-order valence-corrected chi connectivity index (χ3v) is 5.56. The monoisotopic (exact) mass is 489 g/mol. The van der Waals surface area contributed by atoms with Crippen LogP contribution < -0.4 is 10.6 Å². The van der Waals surface area contributed by atoms with Crippen LogP contribution in [0.15, 0.2) is 83.6 Å². The second-order valence-corrected chi connectivity index (χ2v) is 8.14. The van der Waals surface area contributed by atoms with E-state index in [1.54, 1.807) is 55.1 Å². The maximum absolute atomic E-state index is 13.0. The number of aromatic nitrogens is 3. The zero-order valence-electron chi connectivity index (χ0n) is 19.1. The summed E-state index contributed by atoms with van der Waals surface area (Å²) in [7, 11) is 0. The van der Waals surface area contributed by atoms with Crippen LogP contribution in [0.4, 0.5) is 0 Å². The van der Waals surface area contributed by atoms with Gasteiger partial charge in [0, 0.05) is 43.3 Å². The van der Waals surface area contributed by atoms with Gasteiger partial charge in [-0.05, 0) is 49.2 Å². The molecule has 0 aliphatic carbocycles. The Bertz CT molecular complexity index is 1340. The summed E-state index contributed by atoms with van der Waals surface area (Å²) in [6.45, 7) is 2.97. The maximum atomic E-state index is 13.0. The van der Waals surface area contributed by atoms with Crippen LogP contribution in [-0.4, -0.2) is 32.9 Å². The summed E-state index contributed by atoms with van der Waals surface area (Å²) in [4.78, 5) is 34.0. The Balaban J connectivity index is 1.52. The number of imidazole rings is 1. The molecule has 1 aromatic carbocycles. The first-order valence-electron chi connectivity index (χ1n) is 11.0. The van der Waals surface area contributed by atoms with Crippen molar-refractivity contribution in [3.8, 4) is 11.3 Å². The Labute approximate surface area is 207 Å². The SMILES string of the molecule is Cc1ccccc1C(=O)NC(=Cc1ccc(-c2cccnc2Cl)o1)C(=O)NCCCn1ccnc1. The maximum Gasteiger partial charge on any atom is 0.267 e. The average molecular weight is 490 g/mol. The van der Waals surface area contributed by atoms with Gasteiger partial charge >= 0.3 is 0 Å². The lowest BCUT2D eigenvalue weighted by Gasteiger charge is -2.12. The minimum absolute atomic E-state index is 0.0686. The van der Waals surface area contributed by atoms with Crippen LogP contribution >= 0.6 is 11.6 Å². The van der Waals surface area contributed by atoms with Crippen LogP contribution in [0.1, 0.15) is 28.1 Å². The van der Waals surface area contributed by atoms with Gasteiger partial charge in [0.2, 0.25) is 0 Å². The Morgan fingerprint density at radius 3 is 2.74 bits per heavy atom. The zero-order valence-corrected chi connectivity index (χ0v) is 19.8. The molecule has 0 fully saturated rings. The molecule has 0 saturated carbocycles. The van der Waals surface area contributed by atoms with E-state index in [0.717, 1.165) is 5.56 Å². The van der Waals surface area contributed by atoms with E-state index in [1.165, 1.54) is 6.08 Å². The van der Waals surface area contributed by atoms with Crippen LogP contribution in [0.25, 0.3) is 17.4 Å². The molecule has 2 amide bonds. The molecule has 0 aliphatic rings. The molecule has 0 saturated heterocycles. The van der Waals surface area contributed by atoms with Crippen molar-refractivity contribution in [2.45, 2.75) is 19.9 Å². The number of nitrogens with one attached hydrogen (secondary N) is 2. The Kier molecular flexibility index (Phi) is 7.74. The summed E-state index contributed by atoms with van der Waals surface area (Å²) >= 11 is 6.17. The number of amides is 2. The number of rotatable bonds is 9. The molecule has 3 heterocycles. The summed E-state index contributed by atoms with van der Waals surface area (Å²) < 4.78 is 7.80. The van der Waals surface area contributed by atoms with E-state index in [9.17, 15) is 9.59 Å². The molecule has 8 nitrogen and oxygen atoms in total. The van der Waals surface area contributed by atoms with Crippen LogP contribution in [0, 0.1) is 6.92 Å². The molecule has 0 radical (unpaired) electrons. The van der Waals surface area contributed by atoms with Gasteiger partial charge in [-0.15, -0.1) is 0 Å². The van der Waals surface area contributed by atoms with Gasteiger partial charge in [0.15, 0.2) is 0 Å². The molecule has 2 N–H and O–H groups in total. The Morgan fingerprint density at radius 2 is 1.97 bits per heavy atom. The van der Waals surface area contributed by atoms with Gasteiger partial charge in [0.05, 0.1) is 11.9 Å². The highest BCUT2D eigenvalue weighted by atomic mass is 35.5. The molecule has 0 atom stereocenters. The molecule has 0 spiro atoms. The van der Waals surface area contributed by atoms with E-state index in [0.29, 0.717) is 47.3 Å². The number of hydrogen-bond acceptors (Lipinski definition) is 5. The van der Waals surface area contributed by atoms with Gasteiger partial charge in [-0.25, -0.2) is 9.97 Å². The summed E-state index contributed by atoms with van der Waals surface area (Å²) in [6, 6.07) is 14.1. The quantitative estimate of drug-likeness (QED) is 0.205. The fourth-order valence-electron chi connectivity index (χ4n) is 3.44. The van der Waals surface area contributed by atoms with Crippen LogP contribution in [0.2, 0.25) is 5.15 Å². The van der Waals surface area contributed by atoms with Crippen LogP contribution in [0.5, 0.6) is 0 Å².